The van der Waals surface area contributed by atoms with E-state index < -0.39 is 0 Å². The average Bonchev–Trinajstić information content (AvgIpc) is 2.62. The molecule has 0 saturated carbocycles. The Balaban J connectivity index is 1.52. The van der Waals surface area contributed by atoms with Crippen LogP contribution in [0.4, 0.5) is 5.69 Å². The molecule has 3 rings (SSSR count). The molecule has 6 heteroatoms. The van der Waals surface area contributed by atoms with Crippen LogP contribution in [-0.2, 0) is 4.79 Å². The Kier molecular flexibility index (Phi) is 5.64. The molecule has 0 aromatic heterocycles. The van der Waals surface area contributed by atoms with E-state index >= 15 is 0 Å². The summed E-state index contributed by atoms with van der Waals surface area (Å²) < 4.78 is 0. The lowest BCUT2D eigenvalue weighted by molar-refractivity contribution is -0.138. The van der Waals surface area contributed by atoms with E-state index in [1.807, 2.05) is 17.0 Å². The predicted molar refractivity (Wildman–Crippen MR) is 98.8 cm³/mol. The van der Waals surface area contributed by atoms with Crippen molar-refractivity contribution in [1.29, 1.82) is 0 Å². The second-order valence-corrected chi connectivity index (χ2v) is 7.24. The normalized spacial score (nSPS) is 21.8. The summed E-state index contributed by atoms with van der Waals surface area (Å²) >= 11 is 5.96. The first kappa shape index (κ1) is 17.5. The standard InChI is InChI=1S/C18H27ClN4O/c1-15(18(24)23-9-7-20(2)8-10-23)21-11-13-22(14-12-21)17-5-3-16(19)4-6-17/h3-6,15H,7-14H2,1-2H3. The van der Waals surface area contributed by atoms with Crippen LogP contribution in [0.5, 0.6) is 0 Å². The highest BCUT2D eigenvalue weighted by molar-refractivity contribution is 6.30. The summed E-state index contributed by atoms with van der Waals surface area (Å²) in [7, 11) is 2.11. The van der Waals surface area contributed by atoms with Crippen LogP contribution < -0.4 is 4.90 Å². The number of nitrogens with zero attached hydrogens (tertiary/aromatic N) is 4. The fourth-order valence-corrected chi connectivity index (χ4v) is 3.59. The summed E-state index contributed by atoms with van der Waals surface area (Å²) in [4.78, 5) is 21.7. The Morgan fingerprint density at radius 2 is 1.54 bits per heavy atom. The number of piperazine rings is 2. The zero-order valence-electron chi connectivity index (χ0n) is 14.6. The molecule has 2 aliphatic heterocycles. The lowest BCUT2D eigenvalue weighted by atomic mass is 10.1. The van der Waals surface area contributed by atoms with Crippen LogP contribution in [0.1, 0.15) is 6.92 Å². The maximum atomic E-state index is 12.7. The summed E-state index contributed by atoms with van der Waals surface area (Å²) in [6, 6.07) is 7.97. The van der Waals surface area contributed by atoms with Gasteiger partial charge in [-0.25, -0.2) is 0 Å². The zero-order valence-corrected chi connectivity index (χ0v) is 15.4. The number of likely N-dealkylation sites (N-methyl/N-ethyl adjacent to an activating group) is 1. The van der Waals surface area contributed by atoms with E-state index in [4.69, 9.17) is 11.6 Å². The topological polar surface area (TPSA) is 30.0 Å². The Hall–Kier alpha value is -1.30. The molecule has 1 aromatic carbocycles. The van der Waals surface area contributed by atoms with Gasteiger partial charge in [-0.1, -0.05) is 11.6 Å². The van der Waals surface area contributed by atoms with Gasteiger partial charge in [-0.2, -0.15) is 0 Å². The fraction of sp³-hybridized carbons (Fsp3) is 0.611. The minimum atomic E-state index is -0.0271. The molecule has 2 heterocycles. The van der Waals surface area contributed by atoms with Gasteiger partial charge in [0.2, 0.25) is 5.91 Å². The van der Waals surface area contributed by atoms with Crippen LogP contribution in [0.15, 0.2) is 24.3 Å². The quantitative estimate of drug-likeness (QED) is 0.828. The van der Waals surface area contributed by atoms with Crippen LogP contribution in [-0.4, -0.2) is 86.1 Å². The summed E-state index contributed by atoms with van der Waals surface area (Å²) in [6.07, 6.45) is 0. The molecule has 2 saturated heterocycles. The van der Waals surface area contributed by atoms with Gasteiger partial charge in [-0.15, -0.1) is 0 Å². The zero-order chi connectivity index (χ0) is 17.1. The van der Waals surface area contributed by atoms with Crippen LogP contribution >= 0.6 is 11.6 Å². The average molecular weight is 351 g/mol. The molecule has 0 spiro atoms. The highest BCUT2D eigenvalue weighted by Crippen LogP contribution is 2.20. The lowest BCUT2D eigenvalue weighted by Gasteiger charge is -2.41. The minimum Gasteiger partial charge on any atom is -0.369 e. The number of hydrogen-bond donors (Lipinski definition) is 0. The molecule has 2 aliphatic rings. The summed E-state index contributed by atoms with van der Waals surface area (Å²) in [5, 5.41) is 0.767. The number of halogens is 1. The van der Waals surface area contributed by atoms with Crippen molar-refractivity contribution in [3.05, 3.63) is 29.3 Å². The van der Waals surface area contributed by atoms with Gasteiger partial charge in [0.25, 0.3) is 0 Å². The maximum absolute atomic E-state index is 12.7. The molecule has 5 nitrogen and oxygen atoms in total. The second kappa shape index (κ2) is 7.72. The molecule has 1 atom stereocenters. The first-order valence-corrected chi connectivity index (χ1v) is 9.14. The summed E-state index contributed by atoms with van der Waals surface area (Å²) in [5.74, 6) is 0.281. The maximum Gasteiger partial charge on any atom is 0.239 e. The molecule has 1 aromatic rings. The molecule has 24 heavy (non-hydrogen) atoms. The van der Waals surface area contributed by atoms with Crippen molar-refractivity contribution < 1.29 is 4.79 Å². The van der Waals surface area contributed by atoms with Gasteiger partial charge in [-0.3, -0.25) is 9.69 Å². The number of carbonyl (C=O) groups is 1. The van der Waals surface area contributed by atoms with Crippen molar-refractivity contribution >= 4 is 23.2 Å². The number of carbonyl (C=O) groups excluding carboxylic acids is 1. The van der Waals surface area contributed by atoms with Crippen molar-refractivity contribution in [2.24, 2.45) is 0 Å². The number of benzene rings is 1. The Morgan fingerprint density at radius 1 is 0.958 bits per heavy atom. The van der Waals surface area contributed by atoms with Crippen LogP contribution in [0.25, 0.3) is 0 Å². The number of anilines is 1. The van der Waals surface area contributed by atoms with Gasteiger partial charge in [-0.05, 0) is 38.2 Å². The summed E-state index contributed by atoms with van der Waals surface area (Å²) in [6.45, 7) is 9.44. The number of rotatable bonds is 3. The van der Waals surface area contributed by atoms with Gasteiger partial charge < -0.3 is 14.7 Å². The van der Waals surface area contributed by atoms with Crippen LogP contribution in [0.2, 0.25) is 5.02 Å². The lowest BCUT2D eigenvalue weighted by Crippen LogP contribution is -2.57. The van der Waals surface area contributed by atoms with Crippen molar-refractivity contribution in [1.82, 2.24) is 14.7 Å². The Bertz CT molecular complexity index is 549. The molecule has 0 radical (unpaired) electrons. The highest BCUT2D eigenvalue weighted by atomic mass is 35.5. The van der Waals surface area contributed by atoms with Crippen LogP contribution in [0.3, 0.4) is 0 Å². The van der Waals surface area contributed by atoms with Gasteiger partial charge in [0.15, 0.2) is 0 Å². The monoisotopic (exact) mass is 350 g/mol. The summed E-state index contributed by atoms with van der Waals surface area (Å²) in [5.41, 5.74) is 1.21. The molecule has 0 N–H and O–H groups in total. The van der Waals surface area contributed by atoms with E-state index in [1.54, 1.807) is 0 Å². The molecular weight excluding hydrogens is 324 g/mol. The van der Waals surface area contributed by atoms with Crippen molar-refractivity contribution in [2.45, 2.75) is 13.0 Å². The van der Waals surface area contributed by atoms with Gasteiger partial charge in [0.1, 0.15) is 0 Å². The Morgan fingerprint density at radius 3 is 2.12 bits per heavy atom. The molecule has 1 unspecified atom stereocenters. The molecule has 1 amide bonds. The number of amides is 1. The van der Waals surface area contributed by atoms with E-state index in [0.29, 0.717) is 0 Å². The highest BCUT2D eigenvalue weighted by Gasteiger charge is 2.29. The van der Waals surface area contributed by atoms with Crippen molar-refractivity contribution in [3.63, 3.8) is 0 Å². The van der Waals surface area contributed by atoms with Gasteiger partial charge in [0, 0.05) is 63.1 Å². The minimum absolute atomic E-state index is 0.0271. The first-order chi connectivity index (χ1) is 11.5. The molecule has 2 fully saturated rings. The third-order valence-corrected chi connectivity index (χ3v) is 5.48. The SMILES string of the molecule is CC(C(=O)N1CCN(C)CC1)N1CCN(c2ccc(Cl)cc2)CC1. The molecule has 0 aliphatic carbocycles. The first-order valence-electron chi connectivity index (χ1n) is 8.76. The number of hydrogen-bond acceptors (Lipinski definition) is 4. The van der Waals surface area contributed by atoms with E-state index in [1.165, 1.54) is 5.69 Å². The van der Waals surface area contributed by atoms with Gasteiger partial charge in [0.05, 0.1) is 6.04 Å². The fourth-order valence-electron chi connectivity index (χ4n) is 3.47. The third kappa shape index (κ3) is 4.02. The van der Waals surface area contributed by atoms with Gasteiger partial charge >= 0.3 is 0 Å². The third-order valence-electron chi connectivity index (χ3n) is 5.23. The van der Waals surface area contributed by atoms with E-state index in [-0.39, 0.29) is 11.9 Å². The van der Waals surface area contributed by atoms with E-state index in [2.05, 4.69) is 40.8 Å². The van der Waals surface area contributed by atoms with E-state index in [9.17, 15) is 4.79 Å². The largest absolute Gasteiger partial charge is 0.369 e. The van der Waals surface area contributed by atoms with E-state index in [0.717, 1.165) is 57.4 Å². The van der Waals surface area contributed by atoms with Crippen LogP contribution in [0, 0.1) is 0 Å². The smallest absolute Gasteiger partial charge is 0.239 e. The molecular formula is C18H27ClN4O. The second-order valence-electron chi connectivity index (χ2n) is 6.80. The van der Waals surface area contributed by atoms with Crippen molar-refractivity contribution in [2.75, 3.05) is 64.3 Å². The predicted octanol–water partition coefficient (Wildman–Crippen LogP) is 1.62. The van der Waals surface area contributed by atoms with Crippen molar-refractivity contribution in [3.8, 4) is 0 Å². The molecule has 0 bridgehead atoms. The molecule has 132 valence electrons. The Labute approximate surface area is 149 Å².